The molecule has 1 aliphatic heterocycles. The van der Waals surface area contributed by atoms with Crippen LogP contribution in [0.2, 0.25) is 0 Å². The van der Waals surface area contributed by atoms with Gasteiger partial charge >= 0.3 is 0 Å². The van der Waals surface area contributed by atoms with E-state index in [0.717, 1.165) is 16.7 Å². The van der Waals surface area contributed by atoms with Gasteiger partial charge in [-0.15, -0.1) is 0 Å². The normalized spacial score (nSPS) is 17.2. The maximum Gasteiger partial charge on any atom is 0.295 e. The zero-order valence-corrected chi connectivity index (χ0v) is 19.5. The van der Waals surface area contributed by atoms with Crippen LogP contribution in [0.3, 0.4) is 0 Å². The number of rotatable bonds is 6. The number of aryl methyl sites for hydroxylation is 2. The molecule has 1 amide bonds. The first-order chi connectivity index (χ1) is 16.3. The van der Waals surface area contributed by atoms with Crippen LogP contribution in [0.25, 0.3) is 5.76 Å². The van der Waals surface area contributed by atoms with Crippen LogP contribution in [0.1, 0.15) is 33.9 Å². The molecule has 7 nitrogen and oxygen atoms in total. The first-order valence-electron chi connectivity index (χ1n) is 10.8. The fraction of sp³-hybridized carbons (Fsp3) is 0.222. The van der Waals surface area contributed by atoms with Crippen LogP contribution in [0.4, 0.5) is 0 Å². The Hall–Kier alpha value is -4.13. The number of Topliss-reactive ketones (excluding diaryl/α,β-unsaturated/α-hetero) is 1. The van der Waals surface area contributed by atoms with Gasteiger partial charge in [0.25, 0.3) is 11.7 Å². The molecule has 4 rings (SSSR count). The summed E-state index contributed by atoms with van der Waals surface area (Å²) in [6, 6.07) is 13.5. The molecule has 0 aliphatic carbocycles. The largest absolute Gasteiger partial charge is 0.507 e. The Bertz CT molecular complexity index is 1280. The highest BCUT2D eigenvalue weighted by molar-refractivity contribution is 6.46. The Morgan fingerprint density at radius 1 is 1.00 bits per heavy atom. The van der Waals surface area contributed by atoms with Gasteiger partial charge in [-0.3, -0.25) is 14.6 Å². The zero-order valence-electron chi connectivity index (χ0n) is 19.5. The number of nitrogens with zero attached hydrogens (tertiary/aromatic N) is 2. The summed E-state index contributed by atoms with van der Waals surface area (Å²) >= 11 is 0. The van der Waals surface area contributed by atoms with Crippen LogP contribution in [-0.2, 0) is 16.1 Å². The van der Waals surface area contributed by atoms with Gasteiger partial charge in [-0.25, -0.2) is 0 Å². The van der Waals surface area contributed by atoms with Gasteiger partial charge in [-0.05, 0) is 72.5 Å². The highest BCUT2D eigenvalue weighted by Crippen LogP contribution is 2.42. The molecule has 1 fully saturated rings. The molecule has 1 saturated heterocycles. The van der Waals surface area contributed by atoms with E-state index in [1.165, 1.54) is 4.90 Å². The fourth-order valence-electron chi connectivity index (χ4n) is 4.30. The van der Waals surface area contributed by atoms with Crippen LogP contribution in [0, 0.1) is 13.8 Å². The van der Waals surface area contributed by atoms with E-state index < -0.39 is 17.7 Å². The summed E-state index contributed by atoms with van der Waals surface area (Å²) in [5.41, 5.74) is 3.54. The number of ether oxygens (including phenoxy) is 2. The molecule has 34 heavy (non-hydrogen) atoms. The van der Waals surface area contributed by atoms with Crippen molar-refractivity contribution >= 4 is 17.4 Å². The number of ketones is 1. The summed E-state index contributed by atoms with van der Waals surface area (Å²) in [6.45, 7) is 3.87. The lowest BCUT2D eigenvalue weighted by molar-refractivity contribution is -0.140. The molecular weight excluding hydrogens is 432 g/mol. The maximum atomic E-state index is 13.3. The predicted octanol–water partition coefficient (Wildman–Crippen LogP) is 4.34. The van der Waals surface area contributed by atoms with E-state index in [0.29, 0.717) is 22.6 Å². The number of hydrogen-bond donors (Lipinski definition) is 1. The molecule has 0 spiro atoms. The summed E-state index contributed by atoms with van der Waals surface area (Å²) in [6.07, 6.45) is 3.27. The van der Waals surface area contributed by atoms with Crippen LogP contribution < -0.4 is 9.47 Å². The van der Waals surface area contributed by atoms with Crippen LogP contribution in [0.5, 0.6) is 11.5 Å². The number of carbonyl (C=O) groups excluding carboxylic acids is 2. The molecule has 0 radical (unpaired) electrons. The lowest BCUT2D eigenvalue weighted by Gasteiger charge is -2.26. The summed E-state index contributed by atoms with van der Waals surface area (Å²) < 4.78 is 10.8. The van der Waals surface area contributed by atoms with E-state index in [2.05, 4.69) is 4.98 Å². The maximum absolute atomic E-state index is 13.3. The van der Waals surface area contributed by atoms with Gasteiger partial charge in [-0.2, -0.15) is 0 Å². The minimum atomic E-state index is -0.787. The quantitative estimate of drug-likeness (QED) is 0.336. The fourth-order valence-corrected chi connectivity index (χ4v) is 4.30. The molecule has 2 aromatic carbocycles. The van der Waals surface area contributed by atoms with Crippen molar-refractivity contribution in [2.75, 3.05) is 14.2 Å². The second kappa shape index (κ2) is 9.39. The smallest absolute Gasteiger partial charge is 0.295 e. The predicted molar refractivity (Wildman–Crippen MR) is 128 cm³/mol. The molecule has 3 aromatic rings. The third-order valence-corrected chi connectivity index (χ3v) is 6.05. The van der Waals surface area contributed by atoms with Gasteiger partial charge in [0.05, 0.1) is 25.8 Å². The Kier molecular flexibility index (Phi) is 6.36. The molecule has 0 saturated carbocycles. The molecule has 174 valence electrons. The van der Waals surface area contributed by atoms with Gasteiger partial charge in [0, 0.05) is 24.5 Å². The van der Waals surface area contributed by atoms with E-state index in [4.69, 9.17) is 9.47 Å². The monoisotopic (exact) mass is 458 g/mol. The summed E-state index contributed by atoms with van der Waals surface area (Å²) in [5, 5.41) is 11.4. The number of likely N-dealkylation sites (tertiary alicyclic amines) is 1. The highest BCUT2D eigenvalue weighted by atomic mass is 16.5. The zero-order chi connectivity index (χ0) is 24.4. The van der Waals surface area contributed by atoms with Crippen molar-refractivity contribution in [3.8, 4) is 11.5 Å². The Morgan fingerprint density at radius 3 is 2.41 bits per heavy atom. The number of pyridine rings is 1. The molecule has 2 heterocycles. The van der Waals surface area contributed by atoms with Gasteiger partial charge < -0.3 is 19.5 Å². The minimum absolute atomic E-state index is 0.0416. The second-order valence-corrected chi connectivity index (χ2v) is 8.20. The lowest BCUT2D eigenvalue weighted by atomic mass is 9.93. The van der Waals surface area contributed by atoms with Gasteiger partial charge in [0.2, 0.25) is 0 Å². The molecule has 7 heteroatoms. The lowest BCUT2D eigenvalue weighted by Crippen LogP contribution is -2.29. The first-order valence-corrected chi connectivity index (χ1v) is 10.8. The number of hydrogen-bond acceptors (Lipinski definition) is 6. The van der Waals surface area contributed by atoms with Crippen molar-refractivity contribution in [1.29, 1.82) is 0 Å². The average molecular weight is 459 g/mol. The van der Waals surface area contributed by atoms with E-state index in [1.807, 2.05) is 19.9 Å². The Morgan fingerprint density at radius 2 is 1.74 bits per heavy atom. The van der Waals surface area contributed by atoms with E-state index in [9.17, 15) is 14.7 Å². The Labute approximate surface area is 198 Å². The molecule has 1 unspecified atom stereocenters. The molecule has 1 aliphatic rings. The van der Waals surface area contributed by atoms with E-state index in [-0.39, 0.29) is 17.9 Å². The summed E-state index contributed by atoms with van der Waals surface area (Å²) in [5.74, 6) is -0.354. The SMILES string of the molecule is COc1cccc(C2/C(=C(\O)c3cc(C)c(OC)cc3C)C(=O)C(=O)N2Cc2ccncc2)c1. The van der Waals surface area contributed by atoms with E-state index in [1.54, 1.807) is 69.1 Å². The number of carbonyl (C=O) groups is 2. The number of aliphatic hydroxyl groups excluding tert-OH is 1. The minimum Gasteiger partial charge on any atom is -0.507 e. The topological polar surface area (TPSA) is 89.0 Å². The van der Waals surface area contributed by atoms with Crippen LogP contribution >= 0.6 is 0 Å². The number of amides is 1. The summed E-state index contributed by atoms with van der Waals surface area (Å²) in [4.78, 5) is 32.0. The molecule has 1 N–H and O–H groups in total. The van der Waals surface area contributed by atoms with Crippen LogP contribution in [-0.4, -0.2) is 40.9 Å². The van der Waals surface area contributed by atoms with Gasteiger partial charge in [-0.1, -0.05) is 12.1 Å². The van der Waals surface area contributed by atoms with Crippen molar-refractivity contribution < 1.29 is 24.2 Å². The molecule has 1 aromatic heterocycles. The number of methoxy groups -OCH3 is 2. The summed E-state index contributed by atoms with van der Waals surface area (Å²) in [7, 11) is 3.13. The second-order valence-electron chi connectivity index (χ2n) is 8.20. The average Bonchev–Trinajstić information content (AvgIpc) is 3.10. The van der Waals surface area contributed by atoms with E-state index >= 15 is 0 Å². The van der Waals surface area contributed by atoms with Gasteiger partial charge in [0.15, 0.2) is 0 Å². The number of benzene rings is 2. The third-order valence-electron chi connectivity index (χ3n) is 6.05. The van der Waals surface area contributed by atoms with Gasteiger partial charge in [0.1, 0.15) is 17.3 Å². The Balaban J connectivity index is 1.91. The van der Waals surface area contributed by atoms with Crippen molar-refractivity contribution in [3.05, 3.63) is 94.3 Å². The standard InChI is InChI=1S/C27H26N2O5/c1-16-13-22(34-4)17(2)12-21(16)25(30)23-24(19-6-5-7-20(14-19)33-3)29(27(32)26(23)31)15-18-8-10-28-11-9-18/h5-14,24,30H,15H2,1-4H3/b25-23+. The number of aliphatic hydroxyl groups is 1. The van der Waals surface area contributed by atoms with Crippen LogP contribution in [0.15, 0.2) is 66.5 Å². The van der Waals surface area contributed by atoms with Crippen molar-refractivity contribution in [3.63, 3.8) is 0 Å². The molecule has 0 bridgehead atoms. The highest BCUT2D eigenvalue weighted by Gasteiger charge is 2.46. The van der Waals surface area contributed by atoms with Crippen molar-refractivity contribution in [1.82, 2.24) is 9.88 Å². The van der Waals surface area contributed by atoms with Crippen molar-refractivity contribution in [2.45, 2.75) is 26.4 Å². The third kappa shape index (κ3) is 4.12. The first kappa shape index (κ1) is 23.0. The number of aromatic nitrogens is 1. The van der Waals surface area contributed by atoms with Crippen molar-refractivity contribution in [2.24, 2.45) is 0 Å². The molecular formula is C27H26N2O5. The molecule has 1 atom stereocenters.